The highest BCUT2D eigenvalue weighted by Gasteiger charge is 2.08. The molecule has 3 aromatic rings. The van der Waals surface area contributed by atoms with Crippen LogP contribution in [0, 0.1) is 0 Å². The zero-order valence-electron chi connectivity index (χ0n) is 10.8. The molecule has 20 heavy (non-hydrogen) atoms. The average molecular weight is 266 g/mol. The highest BCUT2D eigenvalue weighted by atomic mass is 16.3. The first-order valence-corrected chi connectivity index (χ1v) is 6.30. The minimum Gasteiger partial charge on any atom is -0.508 e. The summed E-state index contributed by atoms with van der Waals surface area (Å²) in [6, 6.07) is 10.6. The lowest BCUT2D eigenvalue weighted by atomic mass is 10.0. The van der Waals surface area contributed by atoms with Crippen LogP contribution in [0.5, 0.6) is 5.75 Å². The summed E-state index contributed by atoms with van der Waals surface area (Å²) in [5, 5.41) is 11.0. The summed E-state index contributed by atoms with van der Waals surface area (Å²) in [6.07, 6.45) is 3.21. The van der Waals surface area contributed by atoms with Crippen LogP contribution in [-0.2, 0) is 6.42 Å². The van der Waals surface area contributed by atoms with E-state index in [-0.39, 0.29) is 5.75 Å². The zero-order valence-corrected chi connectivity index (χ0v) is 10.8. The Bertz CT molecular complexity index is 790. The molecule has 0 bridgehead atoms. The number of phenolic OH excluding ortho intramolecular Hbond substituents is 1. The molecule has 4 heteroatoms. The number of nitrogens with one attached hydrogen (secondary N) is 1. The molecule has 0 saturated carbocycles. The van der Waals surface area contributed by atoms with Crippen molar-refractivity contribution >= 4 is 22.9 Å². The summed E-state index contributed by atoms with van der Waals surface area (Å²) in [5.41, 5.74) is 9.83. The number of rotatable bonds is 3. The number of carbonyl (C=O) groups is 1. The van der Waals surface area contributed by atoms with Crippen LogP contribution in [0.4, 0.5) is 5.69 Å². The topological polar surface area (TPSA) is 79.1 Å². The molecule has 0 amide bonds. The predicted molar refractivity (Wildman–Crippen MR) is 79.0 cm³/mol. The minimum absolute atomic E-state index is 0.132. The third kappa shape index (κ3) is 2.12. The molecule has 3 rings (SSSR count). The van der Waals surface area contributed by atoms with E-state index >= 15 is 0 Å². The molecule has 4 nitrogen and oxygen atoms in total. The normalized spacial score (nSPS) is 10.8. The molecule has 0 aliphatic rings. The van der Waals surface area contributed by atoms with E-state index < -0.39 is 0 Å². The van der Waals surface area contributed by atoms with Gasteiger partial charge in [-0.2, -0.15) is 0 Å². The van der Waals surface area contributed by atoms with E-state index in [0.29, 0.717) is 17.7 Å². The SMILES string of the molecule is Nc1ccc2[nH]cc(Cc3ccc(C=O)cc3O)c2c1. The van der Waals surface area contributed by atoms with Gasteiger partial charge in [-0.1, -0.05) is 12.1 Å². The fourth-order valence-corrected chi connectivity index (χ4v) is 2.35. The molecule has 2 aromatic carbocycles. The van der Waals surface area contributed by atoms with Gasteiger partial charge in [0.15, 0.2) is 0 Å². The Morgan fingerprint density at radius 1 is 1.15 bits per heavy atom. The number of carbonyl (C=O) groups excluding carboxylic acids is 1. The number of nitrogens with two attached hydrogens (primary N) is 1. The lowest BCUT2D eigenvalue weighted by Gasteiger charge is -2.05. The molecule has 0 aliphatic heterocycles. The van der Waals surface area contributed by atoms with Crippen molar-refractivity contribution in [3.05, 3.63) is 59.3 Å². The molecule has 1 heterocycles. The van der Waals surface area contributed by atoms with E-state index in [1.807, 2.05) is 24.4 Å². The number of hydrogen-bond donors (Lipinski definition) is 3. The van der Waals surface area contributed by atoms with Gasteiger partial charge in [0.25, 0.3) is 0 Å². The van der Waals surface area contributed by atoms with Crippen molar-refractivity contribution in [2.24, 2.45) is 0 Å². The van der Waals surface area contributed by atoms with Crippen molar-refractivity contribution in [3.8, 4) is 5.75 Å². The second-order valence-corrected chi connectivity index (χ2v) is 4.80. The van der Waals surface area contributed by atoms with Crippen molar-refractivity contribution < 1.29 is 9.90 Å². The number of fused-ring (bicyclic) bond motifs is 1. The fourth-order valence-electron chi connectivity index (χ4n) is 2.35. The Hall–Kier alpha value is -2.75. The maximum absolute atomic E-state index is 10.7. The molecule has 0 spiro atoms. The molecular weight excluding hydrogens is 252 g/mol. The van der Waals surface area contributed by atoms with Crippen LogP contribution in [0.1, 0.15) is 21.5 Å². The van der Waals surface area contributed by atoms with E-state index in [9.17, 15) is 9.90 Å². The van der Waals surface area contributed by atoms with Crippen molar-refractivity contribution in [1.82, 2.24) is 4.98 Å². The highest BCUT2D eigenvalue weighted by Crippen LogP contribution is 2.27. The van der Waals surface area contributed by atoms with Crippen LogP contribution < -0.4 is 5.73 Å². The molecule has 0 saturated heterocycles. The molecule has 0 radical (unpaired) electrons. The van der Waals surface area contributed by atoms with Gasteiger partial charge < -0.3 is 15.8 Å². The molecule has 0 aliphatic carbocycles. The number of anilines is 1. The summed E-state index contributed by atoms with van der Waals surface area (Å²) in [7, 11) is 0. The zero-order chi connectivity index (χ0) is 14.1. The summed E-state index contributed by atoms with van der Waals surface area (Å²) in [5.74, 6) is 0.132. The number of aromatic hydroxyl groups is 1. The van der Waals surface area contributed by atoms with Gasteiger partial charge in [0.2, 0.25) is 0 Å². The van der Waals surface area contributed by atoms with Crippen LogP contribution in [0.25, 0.3) is 10.9 Å². The van der Waals surface area contributed by atoms with E-state index in [0.717, 1.165) is 28.3 Å². The number of phenols is 1. The van der Waals surface area contributed by atoms with Gasteiger partial charge in [-0.05, 0) is 35.4 Å². The van der Waals surface area contributed by atoms with Gasteiger partial charge in [-0.15, -0.1) is 0 Å². The van der Waals surface area contributed by atoms with Crippen molar-refractivity contribution in [2.75, 3.05) is 5.73 Å². The third-order valence-electron chi connectivity index (χ3n) is 3.42. The lowest BCUT2D eigenvalue weighted by Crippen LogP contribution is -1.90. The van der Waals surface area contributed by atoms with Crippen molar-refractivity contribution in [2.45, 2.75) is 6.42 Å². The van der Waals surface area contributed by atoms with Crippen molar-refractivity contribution in [1.29, 1.82) is 0 Å². The van der Waals surface area contributed by atoms with E-state index in [1.165, 1.54) is 6.07 Å². The maximum atomic E-state index is 10.7. The largest absolute Gasteiger partial charge is 0.508 e. The van der Waals surface area contributed by atoms with Crippen LogP contribution in [0.15, 0.2) is 42.6 Å². The molecular formula is C16H14N2O2. The maximum Gasteiger partial charge on any atom is 0.150 e. The van der Waals surface area contributed by atoms with E-state index in [4.69, 9.17) is 5.73 Å². The molecule has 0 fully saturated rings. The quantitative estimate of drug-likeness (QED) is 0.504. The van der Waals surface area contributed by atoms with Gasteiger partial charge in [0.1, 0.15) is 12.0 Å². The first-order chi connectivity index (χ1) is 9.67. The van der Waals surface area contributed by atoms with Crippen LogP contribution in [0.2, 0.25) is 0 Å². The van der Waals surface area contributed by atoms with E-state index in [1.54, 1.807) is 12.1 Å². The summed E-state index contributed by atoms with van der Waals surface area (Å²) in [4.78, 5) is 13.9. The summed E-state index contributed by atoms with van der Waals surface area (Å²) >= 11 is 0. The van der Waals surface area contributed by atoms with Gasteiger partial charge in [-0.25, -0.2) is 0 Å². The number of aromatic nitrogens is 1. The molecule has 1 aromatic heterocycles. The Balaban J connectivity index is 2.01. The van der Waals surface area contributed by atoms with Gasteiger partial charge in [0, 0.05) is 34.8 Å². The van der Waals surface area contributed by atoms with Crippen molar-refractivity contribution in [3.63, 3.8) is 0 Å². The van der Waals surface area contributed by atoms with E-state index in [2.05, 4.69) is 4.98 Å². The Morgan fingerprint density at radius 2 is 2.00 bits per heavy atom. The summed E-state index contributed by atoms with van der Waals surface area (Å²) in [6.45, 7) is 0. The fraction of sp³-hybridized carbons (Fsp3) is 0.0625. The molecule has 0 atom stereocenters. The van der Waals surface area contributed by atoms with Gasteiger partial charge >= 0.3 is 0 Å². The molecule has 0 unspecified atom stereocenters. The highest BCUT2D eigenvalue weighted by molar-refractivity contribution is 5.86. The average Bonchev–Trinajstić information content (AvgIpc) is 2.83. The minimum atomic E-state index is 0.132. The number of aldehydes is 1. The predicted octanol–water partition coefficient (Wildman–Crippen LogP) is 2.86. The molecule has 100 valence electrons. The van der Waals surface area contributed by atoms with Crippen LogP contribution >= 0.6 is 0 Å². The number of H-pyrrole nitrogens is 1. The third-order valence-corrected chi connectivity index (χ3v) is 3.42. The number of benzene rings is 2. The van der Waals surface area contributed by atoms with Crippen LogP contribution in [-0.4, -0.2) is 16.4 Å². The second kappa shape index (κ2) is 4.74. The Morgan fingerprint density at radius 3 is 2.75 bits per heavy atom. The number of nitrogen functional groups attached to an aromatic ring is 1. The lowest BCUT2D eigenvalue weighted by molar-refractivity contribution is 0.112. The first kappa shape index (κ1) is 12.3. The second-order valence-electron chi connectivity index (χ2n) is 4.80. The Labute approximate surface area is 115 Å². The monoisotopic (exact) mass is 266 g/mol. The summed E-state index contributed by atoms with van der Waals surface area (Å²) < 4.78 is 0. The first-order valence-electron chi connectivity index (χ1n) is 6.30. The van der Waals surface area contributed by atoms with Crippen LogP contribution in [0.3, 0.4) is 0 Å². The standard InChI is InChI=1S/C16H14N2O2/c17-13-3-4-15-14(7-13)12(8-18-15)6-11-2-1-10(9-19)5-16(11)20/h1-5,7-9,18,20H,6,17H2. The number of aromatic amines is 1. The van der Waals surface area contributed by atoms with Gasteiger partial charge in [0.05, 0.1) is 0 Å². The molecule has 4 N–H and O–H groups in total. The van der Waals surface area contributed by atoms with Gasteiger partial charge in [-0.3, -0.25) is 4.79 Å². The number of hydrogen-bond acceptors (Lipinski definition) is 3. The Kier molecular flexibility index (Phi) is 2.91. The smallest absolute Gasteiger partial charge is 0.150 e.